The summed E-state index contributed by atoms with van der Waals surface area (Å²) < 4.78 is 5.88. The minimum atomic E-state index is -0.798. The Morgan fingerprint density at radius 3 is 1.34 bits per heavy atom. The van der Waals surface area contributed by atoms with Gasteiger partial charge in [-0.1, -0.05) is 242 Å². The third kappa shape index (κ3) is 40.3. The van der Waals surface area contributed by atoms with Gasteiger partial charge in [-0.2, -0.15) is 0 Å². The summed E-state index contributed by atoms with van der Waals surface area (Å²) in [5.41, 5.74) is 0. The van der Waals surface area contributed by atoms with Crippen molar-refractivity contribution in [3.63, 3.8) is 0 Å². The average Bonchev–Trinajstić information content (AvgIpc) is 3.22. The van der Waals surface area contributed by atoms with Crippen molar-refractivity contribution in [2.24, 2.45) is 0 Å². The predicted octanol–water partition coefficient (Wildman–Crippen LogP) is 14.5. The molecule has 6 heteroatoms. The van der Waals surface area contributed by atoms with Crippen molar-refractivity contribution in [3.8, 4) is 0 Å². The number of esters is 1. The van der Waals surface area contributed by atoms with Crippen LogP contribution in [0.2, 0.25) is 0 Å². The standard InChI is InChI=1S/C52H93NO5/c1-4-7-10-13-16-19-22-24-25-26-28-29-31-34-37-40-43-48(58-52(57)45-42-39-36-33-30-27-23-20-17-14-11-8-5-2)46-51(56)53-49(47-54)50(55)44-41-38-35-32-21-18-15-12-9-6-3/h8,11,14,17,20,23,27,30,33,36,48-50,54-55H,4-7,9-10,12-13,15-16,18-19,21-22,24-26,28-29,31-32,34-35,37-47H2,1-3H3,(H,53,56)/b11-8+,17-14+,23-20-,30-27-,36-33+. The fourth-order valence-corrected chi connectivity index (χ4v) is 7.28. The molecule has 58 heavy (non-hydrogen) atoms. The first-order valence-corrected chi connectivity index (χ1v) is 24.6. The molecule has 0 saturated carbocycles. The van der Waals surface area contributed by atoms with E-state index in [1.165, 1.54) is 128 Å². The number of nitrogens with one attached hydrogen (secondary N) is 1. The summed E-state index contributed by atoms with van der Waals surface area (Å²) in [5, 5.41) is 23.7. The summed E-state index contributed by atoms with van der Waals surface area (Å²) in [4.78, 5) is 26.0. The fraction of sp³-hybridized carbons (Fsp3) is 0.769. The summed E-state index contributed by atoms with van der Waals surface area (Å²) in [6, 6.07) is -0.714. The number of hydrogen-bond acceptors (Lipinski definition) is 5. The SMILES string of the molecule is CC/C=C/C=C/C=C\C=C/C=C/CCCC(=O)OC(CCCCCCCCCCCCCCCCCC)CC(=O)NC(CO)C(O)CCCCCCCCCCCC. The van der Waals surface area contributed by atoms with Crippen LogP contribution in [0.5, 0.6) is 0 Å². The maximum Gasteiger partial charge on any atom is 0.306 e. The minimum Gasteiger partial charge on any atom is -0.462 e. The first-order chi connectivity index (χ1) is 28.5. The van der Waals surface area contributed by atoms with Crippen LogP contribution in [0, 0.1) is 0 Å². The molecule has 3 N–H and O–H groups in total. The number of carbonyl (C=O) groups excluding carboxylic acids is 2. The van der Waals surface area contributed by atoms with Gasteiger partial charge in [-0.05, 0) is 38.5 Å². The lowest BCUT2D eigenvalue weighted by atomic mass is 10.0. The highest BCUT2D eigenvalue weighted by molar-refractivity contribution is 5.77. The molecule has 0 radical (unpaired) electrons. The molecule has 3 atom stereocenters. The fourth-order valence-electron chi connectivity index (χ4n) is 7.28. The third-order valence-electron chi connectivity index (χ3n) is 11.0. The van der Waals surface area contributed by atoms with Crippen LogP contribution in [-0.2, 0) is 14.3 Å². The Hall–Kier alpha value is -2.44. The molecule has 0 fully saturated rings. The van der Waals surface area contributed by atoms with Gasteiger partial charge in [0.1, 0.15) is 6.10 Å². The van der Waals surface area contributed by atoms with Crippen molar-refractivity contribution in [3.05, 3.63) is 60.8 Å². The van der Waals surface area contributed by atoms with Gasteiger partial charge in [0.2, 0.25) is 5.91 Å². The Bertz CT molecular complexity index is 1050. The molecular formula is C52H93NO5. The van der Waals surface area contributed by atoms with Gasteiger partial charge in [0.05, 0.1) is 25.2 Å². The molecular weight excluding hydrogens is 719 g/mol. The van der Waals surface area contributed by atoms with E-state index < -0.39 is 18.2 Å². The Labute approximate surface area is 358 Å². The highest BCUT2D eigenvalue weighted by Crippen LogP contribution is 2.18. The molecule has 0 aromatic heterocycles. The van der Waals surface area contributed by atoms with Crippen molar-refractivity contribution in [1.29, 1.82) is 0 Å². The Kier molecular flexibility index (Phi) is 43.7. The van der Waals surface area contributed by atoms with Crippen LogP contribution in [0.3, 0.4) is 0 Å². The molecule has 0 aliphatic rings. The van der Waals surface area contributed by atoms with Gasteiger partial charge in [-0.3, -0.25) is 9.59 Å². The summed E-state index contributed by atoms with van der Waals surface area (Å²) >= 11 is 0. The molecule has 6 nitrogen and oxygen atoms in total. The summed E-state index contributed by atoms with van der Waals surface area (Å²) in [7, 11) is 0. The number of ether oxygens (including phenoxy) is 1. The second-order valence-corrected chi connectivity index (χ2v) is 16.6. The summed E-state index contributed by atoms with van der Waals surface area (Å²) in [6.07, 6.45) is 55.7. The van der Waals surface area contributed by atoms with Crippen LogP contribution >= 0.6 is 0 Å². The average molecular weight is 812 g/mol. The molecule has 0 spiro atoms. The lowest BCUT2D eigenvalue weighted by Gasteiger charge is -2.24. The highest BCUT2D eigenvalue weighted by Gasteiger charge is 2.24. The van der Waals surface area contributed by atoms with E-state index >= 15 is 0 Å². The van der Waals surface area contributed by atoms with Crippen LogP contribution < -0.4 is 5.32 Å². The number of rotatable bonds is 43. The van der Waals surface area contributed by atoms with Gasteiger partial charge in [0, 0.05) is 6.42 Å². The predicted molar refractivity (Wildman–Crippen MR) is 250 cm³/mol. The molecule has 3 unspecified atom stereocenters. The molecule has 0 rings (SSSR count). The van der Waals surface area contributed by atoms with Crippen molar-refractivity contribution in [2.75, 3.05) is 6.61 Å². The lowest BCUT2D eigenvalue weighted by molar-refractivity contribution is -0.151. The Morgan fingerprint density at radius 1 is 0.517 bits per heavy atom. The first kappa shape index (κ1) is 55.6. The van der Waals surface area contributed by atoms with Gasteiger partial charge in [0.15, 0.2) is 0 Å². The smallest absolute Gasteiger partial charge is 0.306 e. The van der Waals surface area contributed by atoms with E-state index in [4.69, 9.17) is 4.74 Å². The quantitative estimate of drug-likeness (QED) is 0.0324. The topological polar surface area (TPSA) is 95.9 Å². The third-order valence-corrected chi connectivity index (χ3v) is 11.0. The number of carbonyl (C=O) groups is 2. The largest absolute Gasteiger partial charge is 0.462 e. The van der Waals surface area contributed by atoms with E-state index in [1.807, 2.05) is 48.6 Å². The second kappa shape index (κ2) is 45.6. The van der Waals surface area contributed by atoms with E-state index in [0.717, 1.165) is 51.4 Å². The van der Waals surface area contributed by atoms with Crippen molar-refractivity contribution >= 4 is 11.9 Å². The van der Waals surface area contributed by atoms with Crippen LogP contribution in [0.1, 0.15) is 233 Å². The van der Waals surface area contributed by atoms with E-state index in [0.29, 0.717) is 25.7 Å². The maximum absolute atomic E-state index is 13.2. The first-order valence-electron chi connectivity index (χ1n) is 24.6. The molecule has 0 aromatic carbocycles. The summed E-state index contributed by atoms with van der Waals surface area (Å²) in [6.45, 7) is 6.31. The van der Waals surface area contributed by atoms with Crippen LogP contribution in [-0.4, -0.2) is 46.9 Å². The number of amides is 1. The van der Waals surface area contributed by atoms with E-state index in [1.54, 1.807) is 0 Å². The maximum atomic E-state index is 13.2. The van der Waals surface area contributed by atoms with Gasteiger partial charge in [-0.25, -0.2) is 0 Å². The van der Waals surface area contributed by atoms with E-state index in [2.05, 4.69) is 38.2 Å². The van der Waals surface area contributed by atoms with Crippen LogP contribution in [0.15, 0.2) is 60.8 Å². The molecule has 1 amide bonds. The van der Waals surface area contributed by atoms with Crippen molar-refractivity contribution < 1.29 is 24.5 Å². The molecule has 0 bridgehead atoms. The molecule has 336 valence electrons. The normalized spacial score (nSPS) is 13.8. The van der Waals surface area contributed by atoms with Crippen LogP contribution in [0.4, 0.5) is 0 Å². The Balaban J connectivity index is 4.68. The molecule has 0 aliphatic heterocycles. The van der Waals surface area contributed by atoms with Crippen molar-refractivity contribution in [2.45, 2.75) is 251 Å². The van der Waals surface area contributed by atoms with Gasteiger partial charge in [0.25, 0.3) is 0 Å². The summed E-state index contributed by atoms with van der Waals surface area (Å²) in [5.74, 6) is -0.558. The molecule has 0 aliphatic carbocycles. The molecule has 0 heterocycles. The van der Waals surface area contributed by atoms with Gasteiger partial charge < -0.3 is 20.3 Å². The van der Waals surface area contributed by atoms with Gasteiger partial charge >= 0.3 is 5.97 Å². The zero-order chi connectivity index (χ0) is 42.4. The number of unbranched alkanes of at least 4 members (excludes halogenated alkanes) is 25. The number of hydrogen-bond donors (Lipinski definition) is 3. The lowest BCUT2D eigenvalue weighted by Crippen LogP contribution is -2.46. The number of aliphatic hydroxyl groups excluding tert-OH is 2. The molecule has 0 aromatic rings. The highest BCUT2D eigenvalue weighted by atomic mass is 16.5. The zero-order valence-electron chi connectivity index (χ0n) is 38.2. The van der Waals surface area contributed by atoms with E-state index in [-0.39, 0.29) is 24.9 Å². The zero-order valence-corrected chi connectivity index (χ0v) is 38.2. The number of aliphatic hydroxyl groups is 2. The minimum absolute atomic E-state index is 0.0499. The molecule has 0 saturated heterocycles. The monoisotopic (exact) mass is 812 g/mol. The second-order valence-electron chi connectivity index (χ2n) is 16.6. The van der Waals surface area contributed by atoms with E-state index in [9.17, 15) is 19.8 Å². The van der Waals surface area contributed by atoms with Crippen molar-refractivity contribution in [1.82, 2.24) is 5.32 Å². The van der Waals surface area contributed by atoms with Crippen LogP contribution in [0.25, 0.3) is 0 Å². The van der Waals surface area contributed by atoms with Gasteiger partial charge in [-0.15, -0.1) is 0 Å². The Morgan fingerprint density at radius 2 is 0.914 bits per heavy atom. The number of allylic oxidation sites excluding steroid dienone is 10.